The van der Waals surface area contributed by atoms with Crippen LogP contribution in [-0.4, -0.2) is 18.2 Å². The summed E-state index contributed by atoms with van der Waals surface area (Å²) in [7, 11) is 1.35. The van der Waals surface area contributed by atoms with Crippen molar-refractivity contribution in [3.63, 3.8) is 0 Å². The first-order valence-electron chi connectivity index (χ1n) is 7.51. The third-order valence-corrected chi connectivity index (χ3v) is 3.64. The van der Waals surface area contributed by atoms with Crippen LogP contribution in [-0.2, 0) is 4.74 Å². The molecule has 0 bridgehead atoms. The number of carbonyl (C=O) groups is 1. The topological polar surface area (TPSA) is 58.6 Å². The van der Waals surface area contributed by atoms with Crippen molar-refractivity contribution in [2.45, 2.75) is 0 Å². The van der Waals surface area contributed by atoms with Gasteiger partial charge in [0.15, 0.2) is 0 Å². The Balaban J connectivity index is 2.05. The lowest BCUT2D eigenvalue weighted by molar-refractivity contribution is 0.0601. The number of phenolic OH excluding ortho intramolecular Hbond substituents is 1. The Hall–Kier alpha value is -3.27. The summed E-state index contributed by atoms with van der Waals surface area (Å²) in [5.41, 5.74) is 3.58. The summed E-state index contributed by atoms with van der Waals surface area (Å²) in [5.74, 6) is -0.268. The van der Waals surface area contributed by atoms with Gasteiger partial charge in [-0.1, -0.05) is 42.5 Å². The van der Waals surface area contributed by atoms with Gasteiger partial charge < -0.3 is 15.2 Å². The lowest BCUT2D eigenvalue weighted by Gasteiger charge is -2.12. The number of anilines is 2. The van der Waals surface area contributed by atoms with Crippen molar-refractivity contribution in [1.29, 1.82) is 0 Å². The number of rotatable bonds is 4. The highest BCUT2D eigenvalue weighted by molar-refractivity contribution is 5.93. The Morgan fingerprint density at radius 1 is 0.917 bits per heavy atom. The number of aromatic hydroxyl groups is 1. The Morgan fingerprint density at radius 3 is 2.33 bits per heavy atom. The average molecular weight is 319 g/mol. The minimum atomic E-state index is -0.409. The maximum atomic E-state index is 12.0. The minimum Gasteiger partial charge on any atom is -0.506 e. The molecular formula is C20H17NO3. The van der Waals surface area contributed by atoms with Crippen molar-refractivity contribution in [3.05, 3.63) is 78.4 Å². The van der Waals surface area contributed by atoms with Gasteiger partial charge in [-0.3, -0.25) is 0 Å². The number of ether oxygens (including phenoxy) is 1. The number of para-hydroxylation sites is 2. The molecule has 0 aliphatic heterocycles. The summed E-state index contributed by atoms with van der Waals surface area (Å²) in [6.45, 7) is 0. The molecule has 0 spiro atoms. The third kappa shape index (κ3) is 3.38. The van der Waals surface area contributed by atoms with Gasteiger partial charge in [0.1, 0.15) is 5.75 Å². The smallest absolute Gasteiger partial charge is 0.337 e. The average Bonchev–Trinajstić information content (AvgIpc) is 2.63. The summed E-state index contributed by atoms with van der Waals surface area (Å²) in [5, 5.41) is 13.1. The fourth-order valence-corrected chi connectivity index (χ4v) is 2.47. The number of nitrogens with one attached hydrogen (secondary N) is 1. The molecule has 24 heavy (non-hydrogen) atoms. The van der Waals surface area contributed by atoms with Crippen LogP contribution in [0.3, 0.4) is 0 Å². The molecule has 0 amide bonds. The molecule has 3 aromatic rings. The second kappa shape index (κ2) is 6.87. The molecule has 0 saturated heterocycles. The first kappa shape index (κ1) is 15.6. The van der Waals surface area contributed by atoms with Crippen LogP contribution >= 0.6 is 0 Å². The fraction of sp³-hybridized carbons (Fsp3) is 0.0500. The van der Waals surface area contributed by atoms with Crippen molar-refractivity contribution >= 4 is 17.3 Å². The Morgan fingerprint density at radius 2 is 1.62 bits per heavy atom. The molecule has 2 N–H and O–H groups in total. The maximum absolute atomic E-state index is 12.0. The maximum Gasteiger partial charge on any atom is 0.337 e. The van der Waals surface area contributed by atoms with Crippen LogP contribution in [0.2, 0.25) is 0 Å². The zero-order valence-corrected chi connectivity index (χ0v) is 13.2. The number of esters is 1. The van der Waals surface area contributed by atoms with E-state index < -0.39 is 5.97 Å². The van der Waals surface area contributed by atoms with E-state index in [0.29, 0.717) is 16.9 Å². The molecule has 0 saturated carbocycles. The third-order valence-electron chi connectivity index (χ3n) is 3.64. The van der Waals surface area contributed by atoms with Gasteiger partial charge in [-0.05, 0) is 41.5 Å². The summed E-state index contributed by atoms with van der Waals surface area (Å²) in [6.07, 6.45) is 0. The van der Waals surface area contributed by atoms with Crippen molar-refractivity contribution in [3.8, 4) is 16.9 Å². The number of hydrogen-bond donors (Lipinski definition) is 2. The molecular weight excluding hydrogens is 302 g/mol. The first-order chi connectivity index (χ1) is 11.7. The van der Waals surface area contributed by atoms with Gasteiger partial charge >= 0.3 is 5.97 Å². The van der Waals surface area contributed by atoms with Crippen molar-refractivity contribution < 1.29 is 14.6 Å². The van der Waals surface area contributed by atoms with E-state index in [4.69, 9.17) is 4.74 Å². The highest BCUT2D eigenvalue weighted by Crippen LogP contribution is 2.30. The zero-order chi connectivity index (χ0) is 16.9. The highest BCUT2D eigenvalue weighted by atomic mass is 16.5. The van der Waals surface area contributed by atoms with E-state index in [1.54, 1.807) is 30.3 Å². The van der Waals surface area contributed by atoms with Crippen LogP contribution in [0, 0.1) is 0 Å². The van der Waals surface area contributed by atoms with Gasteiger partial charge in [-0.2, -0.15) is 0 Å². The Labute approximate surface area is 140 Å². The van der Waals surface area contributed by atoms with E-state index in [0.717, 1.165) is 11.1 Å². The van der Waals surface area contributed by atoms with Gasteiger partial charge in [0.05, 0.1) is 18.4 Å². The molecule has 0 atom stereocenters. The Kier molecular flexibility index (Phi) is 4.47. The van der Waals surface area contributed by atoms with Gasteiger partial charge in [-0.25, -0.2) is 4.79 Å². The zero-order valence-electron chi connectivity index (χ0n) is 13.2. The lowest BCUT2D eigenvalue weighted by Crippen LogP contribution is -2.03. The first-order valence-corrected chi connectivity index (χ1v) is 7.51. The number of hydrogen-bond acceptors (Lipinski definition) is 4. The summed E-state index contributed by atoms with van der Waals surface area (Å²) < 4.78 is 4.84. The van der Waals surface area contributed by atoms with Crippen LogP contribution < -0.4 is 5.32 Å². The molecule has 0 heterocycles. The number of phenols is 1. The molecule has 4 nitrogen and oxygen atoms in total. The summed E-state index contributed by atoms with van der Waals surface area (Å²) >= 11 is 0. The normalized spacial score (nSPS) is 10.2. The predicted molar refractivity (Wildman–Crippen MR) is 94.6 cm³/mol. The van der Waals surface area contributed by atoms with E-state index in [9.17, 15) is 9.90 Å². The lowest BCUT2D eigenvalue weighted by atomic mass is 10.0. The van der Waals surface area contributed by atoms with E-state index in [1.165, 1.54) is 7.11 Å². The molecule has 4 heteroatoms. The van der Waals surface area contributed by atoms with Crippen LogP contribution in [0.4, 0.5) is 11.4 Å². The minimum absolute atomic E-state index is 0.141. The molecule has 0 aliphatic rings. The fourth-order valence-electron chi connectivity index (χ4n) is 2.47. The van der Waals surface area contributed by atoms with E-state index >= 15 is 0 Å². The van der Waals surface area contributed by atoms with Gasteiger partial charge in [-0.15, -0.1) is 0 Å². The van der Waals surface area contributed by atoms with Gasteiger partial charge in [0, 0.05) is 5.69 Å². The molecule has 3 aromatic carbocycles. The van der Waals surface area contributed by atoms with Crippen LogP contribution in [0.15, 0.2) is 72.8 Å². The number of carbonyl (C=O) groups excluding carboxylic acids is 1. The monoisotopic (exact) mass is 319 g/mol. The molecule has 0 radical (unpaired) electrons. The van der Waals surface area contributed by atoms with E-state index in [-0.39, 0.29) is 5.75 Å². The van der Waals surface area contributed by atoms with E-state index in [1.807, 2.05) is 42.5 Å². The molecule has 120 valence electrons. The number of methoxy groups -OCH3 is 1. The van der Waals surface area contributed by atoms with Crippen LogP contribution in [0.5, 0.6) is 5.75 Å². The molecule has 0 aliphatic carbocycles. The quantitative estimate of drug-likeness (QED) is 0.545. The Bertz CT molecular complexity index is 860. The molecule has 0 aromatic heterocycles. The second-order valence-electron chi connectivity index (χ2n) is 5.30. The van der Waals surface area contributed by atoms with Crippen molar-refractivity contribution in [1.82, 2.24) is 0 Å². The largest absolute Gasteiger partial charge is 0.506 e. The highest BCUT2D eigenvalue weighted by Gasteiger charge is 2.11. The second-order valence-corrected chi connectivity index (χ2v) is 5.30. The van der Waals surface area contributed by atoms with Crippen molar-refractivity contribution in [2.24, 2.45) is 0 Å². The molecule has 0 unspecified atom stereocenters. The molecule has 0 fully saturated rings. The number of benzene rings is 3. The SMILES string of the molecule is COC(=O)c1cc(Nc2ccccc2O)cc(-c2ccccc2)c1. The summed E-state index contributed by atoms with van der Waals surface area (Å²) in [4.78, 5) is 12.0. The molecule has 3 rings (SSSR count). The standard InChI is InChI=1S/C20H17NO3/c1-24-20(23)16-11-15(14-7-3-2-4-8-14)12-17(13-16)21-18-9-5-6-10-19(18)22/h2-13,21-22H,1H3. The van der Waals surface area contributed by atoms with Gasteiger partial charge in [0.25, 0.3) is 0 Å². The van der Waals surface area contributed by atoms with Crippen LogP contribution in [0.25, 0.3) is 11.1 Å². The van der Waals surface area contributed by atoms with Crippen LogP contribution in [0.1, 0.15) is 10.4 Å². The predicted octanol–water partition coefficient (Wildman–Crippen LogP) is 4.59. The van der Waals surface area contributed by atoms with Gasteiger partial charge in [0.2, 0.25) is 0 Å². The van der Waals surface area contributed by atoms with Crippen molar-refractivity contribution in [2.75, 3.05) is 12.4 Å². The summed E-state index contributed by atoms with van der Waals surface area (Å²) in [6, 6.07) is 22.1. The van der Waals surface area contributed by atoms with E-state index in [2.05, 4.69) is 5.32 Å².